The van der Waals surface area contributed by atoms with Gasteiger partial charge >= 0.3 is 0 Å². The molecule has 0 radical (unpaired) electrons. The molecule has 1 unspecified atom stereocenters. The van der Waals surface area contributed by atoms with Crippen molar-refractivity contribution in [2.45, 2.75) is 30.2 Å². The maximum atomic E-state index is 13.6. The summed E-state index contributed by atoms with van der Waals surface area (Å²) in [7, 11) is -1.93. The molecule has 0 aromatic heterocycles. The fraction of sp³-hybridized carbons (Fsp3) is 0.368. The van der Waals surface area contributed by atoms with Crippen LogP contribution in [0.3, 0.4) is 0 Å². The van der Waals surface area contributed by atoms with Gasteiger partial charge in [-0.15, -0.1) is 0 Å². The molecule has 2 heterocycles. The number of quaternary nitrogens is 1. The van der Waals surface area contributed by atoms with Crippen molar-refractivity contribution in [2.75, 3.05) is 24.4 Å². The van der Waals surface area contributed by atoms with Crippen LogP contribution in [-0.2, 0) is 10.0 Å². The molecule has 7 nitrogen and oxygen atoms in total. The Morgan fingerprint density at radius 2 is 1.96 bits per heavy atom. The smallest absolute Gasteiger partial charge is 0.289 e. The summed E-state index contributed by atoms with van der Waals surface area (Å²) in [5, 5.41) is 11.4. The normalized spacial score (nSPS) is 24.4. The lowest BCUT2D eigenvalue weighted by atomic mass is 9.89. The Labute approximate surface area is 158 Å². The predicted molar refractivity (Wildman–Crippen MR) is 102 cm³/mol. The van der Waals surface area contributed by atoms with E-state index in [-0.39, 0.29) is 22.5 Å². The van der Waals surface area contributed by atoms with Gasteiger partial charge in [0.2, 0.25) is 0 Å². The summed E-state index contributed by atoms with van der Waals surface area (Å²) in [6.45, 7) is 3.72. The Morgan fingerprint density at radius 1 is 1.22 bits per heavy atom. The topological polar surface area (TPSA) is 85.0 Å². The largest absolute Gasteiger partial charge is 0.337 e. The number of benzene rings is 2. The Morgan fingerprint density at radius 3 is 2.70 bits per heavy atom. The van der Waals surface area contributed by atoms with E-state index in [1.54, 1.807) is 0 Å². The van der Waals surface area contributed by atoms with E-state index in [0.29, 0.717) is 5.69 Å². The number of nitrogens with zero attached hydrogens (tertiary/aromatic N) is 2. The van der Waals surface area contributed by atoms with Gasteiger partial charge in [-0.25, -0.2) is 8.42 Å². The minimum Gasteiger partial charge on any atom is -0.337 e. The molecule has 2 aliphatic heterocycles. The second-order valence-electron chi connectivity index (χ2n) is 7.46. The summed E-state index contributed by atoms with van der Waals surface area (Å²) in [6, 6.07) is 11.2. The van der Waals surface area contributed by atoms with E-state index >= 15 is 0 Å². The highest BCUT2D eigenvalue weighted by atomic mass is 32.2. The van der Waals surface area contributed by atoms with Gasteiger partial charge in [0.25, 0.3) is 15.7 Å². The van der Waals surface area contributed by atoms with Crippen molar-refractivity contribution in [1.82, 2.24) is 0 Å². The monoisotopic (exact) mass is 388 g/mol. The van der Waals surface area contributed by atoms with Gasteiger partial charge < -0.3 is 4.90 Å². The molecule has 27 heavy (non-hydrogen) atoms. The molecule has 0 bridgehead atoms. The first kappa shape index (κ1) is 17.9. The highest BCUT2D eigenvalue weighted by molar-refractivity contribution is 7.93. The van der Waals surface area contributed by atoms with Crippen LogP contribution in [0, 0.1) is 17.0 Å². The number of anilines is 1. The number of nitro benzene ring substituents is 1. The third kappa shape index (κ3) is 2.80. The number of hydrogen-bond acceptors (Lipinski definition) is 4. The van der Waals surface area contributed by atoms with E-state index in [1.807, 2.05) is 19.1 Å². The SMILES string of the molecule is Cc1ccc2c(c1)[C@@H]1C[NH+](C)CC[C@H]1N2S(=O)(=O)c1ccccc1[N+](=O)[O-]. The van der Waals surface area contributed by atoms with Crippen molar-refractivity contribution in [3.05, 3.63) is 63.7 Å². The molecular formula is C19H22N3O4S+. The van der Waals surface area contributed by atoms with E-state index in [2.05, 4.69) is 13.1 Å². The van der Waals surface area contributed by atoms with Crippen LogP contribution in [0.1, 0.15) is 23.5 Å². The standard InChI is InChI=1S/C19H21N3O4S/c1-13-7-8-16-14(11-13)15-12-20(2)10-9-17(15)21(16)27(25,26)19-6-4-3-5-18(19)22(23)24/h3-8,11,15,17H,9-10,12H2,1-2H3/p+1/t15-,17+/m0/s1. The highest BCUT2D eigenvalue weighted by Gasteiger charge is 2.49. The zero-order valence-electron chi connectivity index (χ0n) is 15.3. The van der Waals surface area contributed by atoms with Gasteiger partial charge in [-0.3, -0.25) is 14.4 Å². The fourth-order valence-corrected chi connectivity index (χ4v) is 6.30. The Balaban J connectivity index is 1.90. The number of piperidine rings is 1. The lowest BCUT2D eigenvalue weighted by molar-refractivity contribution is -0.886. The van der Waals surface area contributed by atoms with Crippen molar-refractivity contribution in [1.29, 1.82) is 0 Å². The molecule has 2 aromatic rings. The molecular weight excluding hydrogens is 366 g/mol. The first-order valence-electron chi connectivity index (χ1n) is 9.00. The number of nitro groups is 1. The third-order valence-corrected chi connectivity index (χ3v) is 7.51. The number of rotatable bonds is 3. The van der Waals surface area contributed by atoms with Crippen molar-refractivity contribution in [3.63, 3.8) is 0 Å². The molecule has 0 aliphatic carbocycles. The quantitative estimate of drug-likeness (QED) is 0.638. The summed E-state index contributed by atoms with van der Waals surface area (Å²) < 4.78 is 28.6. The first-order valence-corrected chi connectivity index (χ1v) is 10.4. The van der Waals surface area contributed by atoms with E-state index in [4.69, 9.17) is 0 Å². The van der Waals surface area contributed by atoms with Gasteiger partial charge in [-0.05, 0) is 24.6 Å². The molecule has 8 heteroatoms. The minimum atomic E-state index is -4.05. The van der Waals surface area contributed by atoms with Crippen molar-refractivity contribution < 1.29 is 18.2 Å². The summed E-state index contributed by atoms with van der Waals surface area (Å²) in [6.07, 6.45) is 0.726. The molecule has 0 spiro atoms. The number of likely N-dealkylation sites (N-methyl/N-ethyl adjacent to an activating group) is 1. The Kier molecular flexibility index (Phi) is 4.20. The van der Waals surface area contributed by atoms with Crippen LogP contribution < -0.4 is 9.21 Å². The molecule has 2 aliphatic rings. The van der Waals surface area contributed by atoms with Crippen LogP contribution in [0.5, 0.6) is 0 Å². The van der Waals surface area contributed by atoms with Gasteiger partial charge in [0.1, 0.15) is 0 Å². The maximum absolute atomic E-state index is 13.6. The van der Waals surface area contributed by atoms with Crippen LogP contribution in [0.4, 0.5) is 11.4 Å². The molecule has 4 rings (SSSR count). The predicted octanol–water partition coefficient (Wildman–Crippen LogP) is 1.48. The van der Waals surface area contributed by atoms with Gasteiger partial charge in [0, 0.05) is 12.5 Å². The number of para-hydroxylation sites is 1. The second kappa shape index (κ2) is 6.31. The lowest BCUT2D eigenvalue weighted by Crippen LogP contribution is -3.11. The van der Waals surface area contributed by atoms with Crippen LogP contribution in [0.2, 0.25) is 0 Å². The number of hydrogen-bond donors (Lipinski definition) is 1. The van der Waals surface area contributed by atoms with Crippen LogP contribution in [-0.4, -0.2) is 39.5 Å². The molecule has 3 atom stereocenters. The van der Waals surface area contributed by atoms with Gasteiger partial charge in [0.05, 0.1) is 42.7 Å². The summed E-state index contributed by atoms with van der Waals surface area (Å²) in [5.74, 6) is 0.103. The molecule has 1 saturated heterocycles. The van der Waals surface area contributed by atoms with Gasteiger partial charge in [-0.1, -0.05) is 29.8 Å². The van der Waals surface area contributed by atoms with Gasteiger partial charge in [-0.2, -0.15) is 0 Å². The number of aryl methyl sites for hydroxylation is 1. The van der Waals surface area contributed by atoms with Gasteiger partial charge in [0.15, 0.2) is 4.90 Å². The Bertz CT molecular complexity index is 1020. The van der Waals surface area contributed by atoms with Crippen molar-refractivity contribution >= 4 is 21.4 Å². The Hall–Kier alpha value is -2.45. The summed E-state index contributed by atoms with van der Waals surface area (Å²) in [5.41, 5.74) is 2.39. The average molecular weight is 388 g/mol. The molecule has 2 aromatic carbocycles. The number of sulfonamides is 1. The van der Waals surface area contributed by atoms with E-state index < -0.39 is 14.9 Å². The molecule has 142 valence electrons. The lowest BCUT2D eigenvalue weighted by Gasteiger charge is -2.34. The maximum Gasteiger partial charge on any atom is 0.289 e. The van der Waals surface area contributed by atoms with E-state index in [1.165, 1.54) is 33.5 Å². The zero-order valence-corrected chi connectivity index (χ0v) is 16.1. The highest BCUT2D eigenvalue weighted by Crippen LogP contribution is 2.46. The number of likely N-dealkylation sites (tertiary alicyclic amines) is 1. The van der Waals surface area contributed by atoms with E-state index in [0.717, 1.165) is 30.6 Å². The van der Waals surface area contributed by atoms with Crippen molar-refractivity contribution in [2.24, 2.45) is 0 Å². The van der Waals surface area contributed by atoms with Crippen LogP contribution in [0.25, 0.3) is 0 Å². The third-order valence-electron chi connectivity index (χ3n) is 5.62. The van der Waals surface area contributed by atoms with Crippen LogP contribution in [0.15, 0.2) is 47.4 Å². The molecule has 1 fully saturated rings. The average Bonchev–Trinajstić information content (AvgIpc) is 2.95. The minimum absolute atomic E-state index is 0.103. The van der Waals surface area contributed by atoms with Crippen molar-refractivity contribution in [3.8, 4) is 0 Å². The molecule has 0 amide bonds. The number of nitrogens with one attached hydrogen (secondary N) is 1. The first-order chi connectivity index (χ1) is 12.8. The van der Waals surface area contributed by atoms with E-state index in [9.17, 15) is 18.5 Å². The second-order valence-corrected chi connectivity index (χ2v) is 9.25. The molecule has 1 N–H and O–H groups in total. The fourth-order valence-electron chi connectivity index (χ4n) is 4.40. The summed E-state index contributed by atoms with van der Waals surface area (Å²) in [4.78, 5) is 11.9. The summed E-state index contributed by atoms with van der Waals surface area (Å²) >= 11 is 0. The zero-order chi connectivity index (χ0) is 19.3. The van der Waals surface area contributed by atoms with Crippen LogP contribution >= 0.6 is 0 Å². The number of fused-ring (bicyclic) bond motifs is 3. The molecule has 0 saturated carbocycles.